The number of rotatable bonds is 4. The van der Waals surface area contributed by atoms with Gasteiger partial charge < -0.3 is 10.1 Å². The summed E-state index contributed by atoms with van der Waals surface area (Å²) < 4.78 is 31.8. The molecule has 1 N–H and O–H groups in total. The Morgan fingerprint density at radius 1 is 1.40 bits per heavy atom. The van der Waals surface area contributed by atoms with Crippen molar-refractivity contribution in [3.63, 3.8) is 0 Å². The second-order valence-corrected chi connectivity index (χ2v) is 4.87. The number of allylic oxidation sites excluding steroid dienone is 2. The minimum atomic E-state index is -3.50. The van der Waals surface area contributed by atoms with Gasteiger partial charge in [-0.3, -0.25) is 0 Å². The molecule has 0 atom stereocenters. The van der Waals surface area contributed by atoms with Crippen LogP contribution in [0.25, 0.3) is 0 Å². The number of aliphatic imine (C=N–C) groups is 1. The lowest BCUT2D eigenvalue weighted by Crippen LogP contribution is -2.21. The zero-order chi connectivity index (χ0) is 14.6. The topological polar surface area (TPSA) is 33.6 Å². The largest absolute Gasteiger partial charge is 0.497 e. The number of halogens is 3. The standard InChI is InChI=1S/C14H15ClF2N2O/c1-20-12-6-4-10(5-7-12)19-13(14(15,16)17)9-11-3-2-8-18-11/h4-7,9,18H,2-3,8H2,1H3/b11-9-,19-13?. The summed E-state index contributed by atoms with van der Waals surface area (Å²) in [4.78, 5) is 3.93. The summed E-state index contributed by atoms with van der Waals surface area (Å²) in [6.45, 7) is 0.787. The number of alkyl halides is 3. The number of benzene rings is 1. The van der Waals surface area contributed by atoms with E-state index >= 15 is 0 Å². The highest BCUT2D eigenvalue weighted by atomic mass is 35.5. The molecule has 0 aromatic heterocycles. The van der Waals surface area contributed by atoms with Gasteiger partial charge in [0.05, 0.1) is 12.8 Å². The molecule has 1 aliphatic rings. The van der Waals surface area contributed by atoms with Crippen molar-refractivity contribution in [2.45, 2.75) is 18.2 Å². The molecule has 3 nitrogen and oxygen atoms in total. The predicted molar refractivity (Wildman–Crippen MR) is 76.2 cm³/mol. The number of hydrogen-bond acceptors (Lipinski definition) is 3. The monoisotopic (exact) mass is 300 g/mol. The van der Waals surface area contributed by atoms with Gasteiger partial charge in [-0.15, -0.1) is 0 Å². The minimum absolute atomic E-state index is 0.399. The molecular weight excluding hydrogens is 286 g/mol. The number of nitrogens with zero attached hydrogens (tertiary/aromatic N) is 1. The van der Waals surface area contributed by atoms with Gasteiger partial charge in [0.15, 0.2) is 0 Å². The first-order chi connectivity index (χ1) is 9.49. The smallest absolute Gasteiger partial charge is 0.364 e. The average molecular weight is 301 g/mol. The molecule has 0 saturated carbocycles. The number of methoxy groups -OCH3 is 1. The Kier molecular flexibility index (Phi) is 4.60. The molecule has 0 aliphatic carbocycles. The molecule has 1 saturated heterocycles. The number of hydrogen-bond donors (Lipinski definition) is 1. The lowest BCUT2D eigenvalue weighted by molar-refractivity contribution is 0.177. The zero-order valence-electron chi connectivity index (χ0n) is 11.0. The molecule has 0 bridgehead atoms. The van der Waals surface area contributed by atoms with Crippen LogP contribution in [0.15, 0.2) is 41.0 Å². The highest BCUT2D eigenvalue weighted by molar-refractivity contribution is 6.35. The summed E-state index contributed by atoms with van der Waals surface area (Å²) in [6.07, 6.45) is 2.98. The van der Waals surface area contributed by atoms with Crippen LogP contribution in [0.3, 0.4) is 0 Å². The van der Waals surface area contributed by atoms with Crippen LogP contribution in [-0.2, 0) is 0 Å². The molecule has 1 fully saturated rings. The molecule has 1 aromatic rings. The lowest BCUT2D eigenvalue weighted by Gasteiger charge is -2.10. The van der Waals surface area contributed by atoms with Gasteiger partial charge in [0, 0.05) is 12.2 Å². The molecule has 1 heterocycles. The van der Waals surface area contributed by atoms with Crippen LogP contribution in [0.4, 0.5) is 14.5 Å². The fourth-order valence-electron chi connectivity index (χ4n) is 1.88. The van der Waals surface area contributed by atoms with E-state index in [1.165, 1.54) is 13.2 Å². The molecule has 6 heteroatoms. The van der Waals surface area contributed by atoms with Crippen LogP contribution < -0.4 is 10.1 Å². The Morgan fingerprint density at radius 2 is 2.10 bits per heavy atom. The molecule has 0 unspecified atom stereocenters. The van der Waals surface area contributed by atoms with E-state index in [9.17, 15) is 8.78 Å². The van der Waals surface area contributed by atoms with Gasteiger partial charge in [0.25, 0.3) is 0 Å². The normalized spacial score (nSPS) is 18.2. The van der Waals surface area contributed by atoms with E-state index < -0.39 is 11.1 Å². The first-order valence-corrected chi connectivity index (χ1v) is 6.61. The van der Waals surface area contributed by atoms with Crippen LogP contribution in [0.1, 0.15) is 12.8 Å². The van der Waals surface area contributed by atoms with Crippen molar-refractivity contribution in [1.29, 1.82) is 0 Å². The van der Waals surface area contributed by atoms with E-state index in [0.717, 1.165) is 25.1 Å². The summed E-state index contributed by atoms with van der Waals surface area (Å²) in [5.74, 6) is 0.638. The van der Waals surface area contributed by atoms with E-state index in [4.69, 9.17) is 16.3 Å². The summed E-state index contributed by atoms with van der Waals surface area (Å²) >= 11 is 5.12. The van der Waals surface area contributed by atoms with Gasteiger partial charge >= 0.3 is 5.38 Å². The SMILES string of the molecule is COc1ccc(N=C(/C=C2/CCCN2)C(F)(F)Cl)cc1. The molecule has 0 radical (unpaired) electrons. The highest BCUT2D eigenvalue weighted by Gasteiger charge is 2.32. The van der Waals surface area contributed by atoms with E-state index in [2.05, 4.69) is 10.3 Å². The predicted octanol–water partition coefficient (Wildman–Crippen LogP) is 3.87. The maximum absolute atomic E-state index is 13.4. The maximum Gasteiger partial charge on any atom is 0.364 e. The van der Waals surface area contributed by atoms with E-state index in [1.54, 1.807) is 24.3 Å². The molecule has 2 rings (SSSR count). The minimum Gasteiger partial charge on any atom is -0.497 e. The van der Waals surface area contributed by atoms with E-state index in [0.29, 0.717) is 11.4 Å². The van der Waals surface area contributed by atoms with Crippen LogP contribution in [-0.4, -0.2) is 24.7 Å². The van der Waals surface area contributed by atoms with Gasteiger partial charge in [-0.25, -0.2) is 4.99 Å². The Bertz CT molecular complexity index is 513. The fourth-order valence-corrected chi connectivity index (χ4v) is 1.97. The Morgan fingerprint density at radius 3 is 2.60 bits per heavy atom. The Balaban J connectivity index is 2.29. The molecule has 1 aliphatic heterocycles. The number of ether oxygens (including phenoxy) is 1. The second kappa shape index (κ2) is 6.22. The maximum atomic E-state index is 13.4. The number of nitrogens with one attached hydrogen (secondary N) is 1. The van der Waals surface area contributed by atoms with Crippen molar-refractivity contribution in [3.8, 4) is 5.75 Å². The van der Waals surface area contributed by atoms with E-state index in [1.807, 2.05) is 0 Å². The van der Waals surface area contributed by atoms with Crippen molar-refractivity contribution >= 4 is 23.0 Å². The van der Waals surface area contributed by atoms with Crippen molar-refractivity contribution in [2.24, 2.45) is 4.99 Å². The molecular formula is C14H15ClF2N2O. The van der Waals surface area contributed by atoms with E-state index in [-0.39, 0.29) is 0 Å². The van der Waals surface area contributed by atoms with Crippen LogP contribution in [0.5, 0.6) is 5.75 Å². The average Bonchev–Trinajstić information content (AvgIpc) is 2.91. The quantitative estimate of drug-likeness (QED) is 0.676. The van der Waals surface area contributed by atoms with Crippen LogP contribution >= 0.6 is 11.6 Å². The van der Waals surface area contributed by atoms with Crippen LogP contribution in [0.2, 0.25) is 0 Å². The molecule has 108 valence electrons. The van der Waals surface area contributed by atoms with Crippen molar-refractivity contribution in [3.05, 3.63) is 36.0 Å². The zero-order valence-corrected chi connectivity index (χ0v) is 11.8. The van der Waals surface area contributed by atoms with Gasteiger partial charge in [-0.2, -0.15) is 8.78 Å². The fraction of sp³-hybridized carbons (Fsp3) is 0.357. The first kappa shape index (κ1) is 14.8. The molecule has 0 amide bonds. The Labute approximate surface area is 121 Å². The van der Waals surface area contributed by atoms with Crippen LogP contribution in [0, 0.1) is 0 Å². The van der Waals surface area contributed by atoms with Gasteiger partial charge in [0.1, 0.15) is 11.5 Å². The van der Waals surface area contributed by atoms with Crippen molar-refractivity contribution < 1.29 is 13.5 Å². The highest BCUT2D eigenvalue weighted by Crippen LogP contribution is 2.27. The molecule has 1 aromatic carbocycles. The van der Waals surface area contributed by atoms with Gasteiger partial charge in [-0.05, 0) is 54.8 Å². The lowest BCUT2D eigenvalue weighted by atomic mass is 10.2. The second-order valence-electron chi connectivity index (χ2n) is 4.39. The third-order valence-electron chi connectivity index (χ3n) is 2.90. The Hall–Kier alpha value is -1.62. The summed E-state index contributed by atoms with van der Waals surface area (Å²) in [5, 5.41) is -0.471. The van der Waals surface area contributed by atoms with Crippen molar-refractivity contribution in [1.82, 2.24) is 5.32 Å². The molecule has 20 heavy (non-hydrogen) atoms. The first-order valence-electron chi connectivity index (χ1n) is 6.23. The summed E-state index contributed by atoms with van der Waals surface area (Å²) in [7, 11) is 1.53. The summed E-state index contributed by atoms with van der Waals surface area (Å²) in [5.41, 5.74) is 0.669. The van der Waals surface area contributed by atoms with Crippen molar-refractivity contribution in [2.75, 3.05) is 13.7 Å². The third-order valence-corrected chi connectivity index (χ3v) is 3.09. The third kappa shape index (κ3) is 3.93. The van der Waals surface area contributed by atoms with Gasteiger partial charge in [0.2, 0.25) is 0 Å². The molecule has 0 spiro atoms. The van der Waals surface area contributed by atoms with Gasteiger partial charge in [-0.1, -0.05) is 0 Å². The summed E-state index contributed by atoms with van der Waals surface area (Å²) in [6, 6.07) is 6.51.